The van der Waals surface area contributed by atoms with Crippen molar-refractivity contribution in [2.75, 3.05) is 26.2 Å². The van der Waals surface area contributed by atoms with Crippen LogP contribution in [0.25, 0.3) is 0 Å². The van der Waals surface area contributed by atoms with Crippen LogP contribution < -0.4 is 5.32 Å². The van der Waals surface area contributed by atoms with Crippen LogP contribution in [0.4, 0.5) is 0 Å². The number of nitrogens with zero attached hydrogens (tertiary/aromatic N) is 1. The fraction of sp³-hybridized carbons (Fsp3) is 1.00. The van der Waals surface area contributed by atoms with Crippen LogP contribution in [-0.4, -0.2) is 48.3 Å². The molecule has 0 radical (unpaired) electrons. The summed E-state index contributed by atoms with van der Waals surface area (Å²) in [5.41, 5.74) is 0.572. The van der Waals surface area contributed by atoms with Crippen LogP contribution in [0.2, 0.25) is 0 Å². The van der Waals surface area contributed by atoms with Crippen LogP contribution in [0.3, 0.4) is 0 Å². The highest BCUT2D eigenvalue weighted by atomic mass is 16.5. The molecule has 3 nitrogen and oxygen atoms in total. The molecule has 2 rings (SSSR count). The molecular formula is C15H30N2O. The van der Waals surface area contributed by atoms with E-state index < -0.39 is 0 Å². The van der Waals surface area contributed by atoms with Gasteiger partial charge in [0.05, 0.1) is 12.7 Å². The quantitative estimate of drug-likeness (QED) is 0.814. The molecule has 0 aromatic heterocycles. The van der Waals surface area contributed by atoms with Crippen molar-refractivity contribution in [3.05, 3.63) is 0 Å². The molecule has 3 heteroatoms. The minimum Gasteiger partial charge on any atom is -0.377 e. The van der Waals surface area contributed by atoms with E-state index in [-0.39, 0.29) is 5.54 Å². The van der Waals surface area contributed by atoms with Crippen molar-refractivity contribution in [2.24, 2.45) is 5.92 Å². The van der Waals surface area contributed by atoms with Gasteiger partial charge in [-0.05, 0) is 53.4 Å². The molecule has 1 aliphatic carbocycles. The summed E-state index contributed by atoms with van der Waals surface area (Å²) in [6.07, 6.45) is 3.14. The standard InChI is InChI=1S/C15H30N2O/c1-12(2)18-9-8-17-11-15(5,13-6-7-13)16-10-14(17,3)4/h12-13,16H,6-11H2,1-5H3. The number of hydrogen-bond donors (Lipinski definition) is 1. The molecule has 1 N–H and O–H groups in total. The fourth-order valence-electron chi connectivity index (χ4n) is 2.97. The smallest absolute Gasteiger partial charge is 0.0597 e. The molecule has 0 amide bonds. The summed E-state index contributed by atoms with van der Waals surface area (Å²) in [5, 5.41) is 3.79. The molecule has 1 aliphatic heterocycles. The summed E-state index contributed by atoms with van der Waals surface area (Å²) < 4.78 is 5.72. The van der Waals surface area contributed by atoms with Crippen molar-refractivity contribution in [3.63, 3.8) is 0 Å². The van der Waals surface area contributed by atoms with E-state index in [1.54, 1.807) is 0 Å². The van der Waals surface area contributed by atoms with Crippen LogP contribution in [0, 0.1) is 5.92 Å². The second-order valence-electron chi connectivity index (χ2n) is 7.20. The van der Waals surface area contributed by atoms with Crippen LogP contribution in [0.1, 0.15) is 47.5 Å². The highest BCUT2D eigenvalue weighted by molar-refractivity contribution is 5.06. The Bertz CT molecular complexity index is 286. The molecule has 1 atom stereocenters. The number of ether oxygens (including phenoxy) is 1. The zero-order valence-electron chi connectivity index (χ0n) is 12.8. The molecule has 1 saturated heterocycles. The molecular weight excluding hydrogens is 224 g/mol. The van der Waals surface area contributed by atoms with E-state index in [1.165, 1.54) is 12.8 Å². The van der Waals surface area contributed by atoms with Crippen molar-refractivity contribution in [3.8, 4) is 0 Å². The Morgan fingerprint density at radius 2 is 1.94 bits per heavy atom. The van der Waals surface area contributed by atoms with E-state index in [9.17, 15) is 0 Å². The van der Waals surface area contributed by atoms with Gasteiger partial charge in [-0.1, -0.05) is 0 Å². The van der Waals surface area contributed by atoms with Crippen LogP contribution in [-0.2, 0) is 4.74 Å². The van der Waals surface area contributed by atoms with Gasteiger partial charge in [-0.15, -0.1) is 0 Å². The lowest BCUT2D eigenvalue weighted by molar-refractivity contribution is -0.0106. The maximum Gasteiger partial charge on any atom is 0.0597 e. The second-order valence-corrected chi connectivity index (χ2v) is 7.20. The lowest BCUT2D eigenvalue weighted by atomic mass is 9.86. The van der Waals surface area contributed by atoms with Gasteiger partial charge in [-0.3, -0.25) is 4.90 Å². The zero-order chi connectivity index (χ0) is 13.4. The molecule has 1 unspecified atom stereocenters. The van der Waals surface area contributed by atoms with Gasteiger partial charge in [0.25, 0.3) is 0 Å². The predicted octanol–water partition coefficient (Wildman–Crippen LogP) is 2.26. The first kappa shape index (κ1) is 14.3. The highest BCUT2D eigenvalue weighted by Gasteiger charge is 2.47. The molecule has 2 fully saturated rings. The summed E-state index contributed by atoms with van der Waals surface area (Å²) in [4.78, 5) is 2.62. The monoisotopic (exact) mass is 254 g/mol. The molecule has 0 aromatic rings. The summed E-state index contributed by atoms with van der Waals surface area (Å²) in [7, 11) is 0. The van der Waals surface area contributed by atoms with Crippen molar-refractivity contribution in [1.29, 1.82) is 0 Å². The largest absolute Gasteiger partial charge is 0.377 e. The van der Waals surface area contributed by atoms with Gasteiger partial charge in [-0.25, -0.2) is 0 Å². The Hall–Kier alpha value is -0.120. The molecule has 0 spiro atoms. The highest BCUT2D eigenvalue weighted by Crippen LogP contribution is 2.42. The van der Waals surface area contributed by atoms with Gasteiger partial charge in [-0.2, -0.15) is 0 Å². The Kier molecular flexibility index (Phi) is 4.05. The van der Waals surface area contributed by atoms with Gasteiger partial charge < -0.3 is 10.1 Å². The van der Waals surface area contributed by atoms with Crippen molar-refractivity contribution in [2.45, 2.75) is 64.6 Å². The van der Waals surface area contributed by atoms with Gasteiger partial charge in [0, 0.05) is 30.7 Å². The van der Waals surface area contributed by atoms with Crippen LogP contribution in [0.15, 0.2) is 0 Å². The van der Waals surface area contributed by atoms with Crippen molar-refractivity contribution < 1.29 is 4.74 Å². The van der Waals surface area contributed by atoms with Gasteiger partial charge in [0.1, 0.15) is 0 Å². The Balaban J connectivity index is 1.91. The van der Waals surface area contributed by atoms with E-state index in [2.05, 4.69) is 44.8 Å². The maximum atomic E-state index is 5.72. The van der Waals surface area contributed by atoms with Crippen LogP contribution >= 0.6 is 0 Å². The summed E-state index contributed by atoms with van der Waals surface area (Å²) in [6, 6.07) is 0. The third-order valence-electron chi connectivity index (χ3n) is 4.59. The van der Waals surface area contributed by atoms with E-state index in [1.807, 2.05) is 0 Å². The number of nitrogens with one attached hydrogen (secondary N) is 1. The average Bonchev–Trinajstić information content (AvgIpc) is 3.07. The van der Waals surface area contributed by atoms with E-state index in [0.717, 1.165) is 32.2 Å². The molecule has 1 heterocycles. The van der Waals surface area contributed by atoms with Crippen molar-refractivity contribution >= 4 is 0 Å². The molecule has 0 bridgehead atoms. The predicted molar refractivity (Wildman–Crippen MR) is 75.9 cm³/mol. The molecule has 2 aliphatic rings. The van der Waals surface area contributed by atoms with Gasteiger partial charge in [0.2, 0.25) is 0 Å². The first-order chi connectivity index (χ1) is 8.33. The fourth-order valence-corrected chi connectivity index (χ4v) is 2.97. The Labute approximate surface area is 112 Å². The van der Waals surface area contributed by atoms with Gasteiger partial charge >= 0.3 is 0 Å². The summed E-state index contributed by atoms with van der Waals surface area (Å²) in [5.74, 6) is 0.891. The topological polar surface area (TPSA) is 24.5 Å². The first-order valence-corrected chi connectivity index (χ1v) is 7.45. The molecule has 0 aromatic carbocycles. The minimum atomic E-state index is 0.245. The van der Waals surface area contributed by atoms with E-state index >= 15 is 0 Å². The lowest BCUT2D eigenvalue weighted by Crippen LogP contribution is -2.68. The normalized spacial score (nSPS) is 33.0. The second kappa shape index (κ2) is 5.10. The lowest BCUT2D eigenvalue weighted by Gasteiger charge is -2.51. The van der Waals surface area contributed by atoms with Crippen molar-refractivity contribution in [1.82, 2.24) is 10.2 Å². The third kappa shape index (κ3) is 3.25. The van der Waals surface area contributed by atoms with Gasteiger partial charge in [0.15, 0.2) is 0 Å². The zero-order valence-corrected chi connectivity index (χ0v) is 12.8. The third-order valence-corrected chi connectivity index (χ3v) is 4.59. The molecule has 1 saturated carbocycles. The number of hydrogen-bond acceptors (Lipinski definition) is 3. The molecule has 106 valence electrons. The summed E-state index contributed by atoms with van der Waals surface area (Å²) in [6.45, 7) is 15.4. The Morgan fingerprint density at radius 3 is 2.50 bits per heavy atom. The van der Waals surface area contributed by atoms with Crippen LogP contribution in [0.5, 0.6) is 0 Å². The maximum absolute atomic E-state index is 5.72. The summed E-state index contributed by atoms with van der Waals surface area (Å²) >= 11 is 0. The van der Waals surface area contributed by atoms with E-state index in [4.69, 9.17) is 4.74 Å². The first-order valence-electron chi connectivity index (χ1n) is 7.45. The number of piperazine rings is 1. The molecule has 18 heavy (non-hydrogen) atoms. The van der Waals surface area contributed by atoms with E-state index in [0.29, 0.717) is 11.6 Å². The average molecular weight is 254 g/mol. The minimum absolute atomic E-state index is 0.245. The Morgan fingerprint density at radius 1 is 1.28 bits per heavy atom. The number of rotatable bonds is 5. The SMILES string of the molecule is CC(C)OCCN1CC(C)(C2CC2)NCC1(C)C.